The van der Waals surface area contributed by atoms with Gasteiger partial charge in [0, 0.05) is 13.6 Å². The van der Waals surface area contributed by atoms with Crippen molar-refractivity contribution in [2.24, 2.45) is 0 Å². The van der Waals surface area contributed by atoms with Gasteiger partial charge in [-0.15, -0.1) is 0 Å². The topological polar surface area (TPSA) is 76.1 Å². The third-order valence-corrected chi connectivity index (χ3v) is 2.75. The van der Waals surface area contributed by atoms with Crippen LogP contribution in [0.2, 0.25) is 0 Å². The summed E-state index contributed by atoms with van der Waals surface area (Å²) in [6.45, 7) is 0.429. The lowest BCUT2D eigenvalue weighted by atomic mass is 10.2. The van der Waals surface area contributed by atoms with Crippen LogP contribution in [0.15, 0.2) is 36.7 Å². The maximum atomic E-state index is 11.9. The Morgan fingerprint density at radius 3 is 2.50 bits per heavy atom. The molecule has 0 fully saturated rings. The normalized spacial score (nSPS) is 9.90. The molecule has 0 radical (unpaired) electrons. The molecular weight excluding hydrogens is 256 g/mol. The quantitative estimate of drug-likeness (QED) is 0.861. The number of amides is 1. The largest absolute Gasteiger partial charge is 0.497 e. The first-order valence-corrected chi connectivity index (χ1v) is 6.14. The predicted octanol–water partition coefficient (Wildman–Crippen LogP) is 1.46. The Labute approximate surface area is 117 Å². The van der Waals surface area contributed by atoms with Crippen LogP contribution in [0, 0.1) is 0 Å². The van der Waals surface area contributed by atoms with Crippen LogP contribution in [-0.4, -0.2) is 30.0 Å². The summed E-state index contributed by atoms with van der Waals surface area (Å²) >= 11 is 0. The van der Waals surface area contributed by atoms with Crippen LogP contribution in [0.3, 0.4) is 0 Å². The molecule has 0 saturated carbocycles. The summed E-state index contributed by atoms with van der Waals surface area (Å²) in [4.78, 5) is 20.0. The van der Waals surface area contributed by atoms with Gasteiger partial charge in [-0.1, -0.05) is 12.1 Å². The highest BCUT2D eigenvalue weighted by molar-refractivity contribution is 5.91. The molecule has 1 heterocycles. The van der Waals surface area contributed by atoms with Crippen LogP contribution in [0.4, 0.5) is 5.82 Å². The molecule has 2 rings (SSSR count). The minimum atomic E-state index is -0.254. The van der Waals surface area contributed by atoms with Gasteiger partial charge < -0.3 is 15.4 Å². The lowest BCUT2D eigenvalue weighted by Crippen LogP contribution is -2.24. The zero-order valence-corrected chi connectivity index (χ0v) is 11.4. The molecule has 0 aliphatic heterocycles. The first-order chi connectivity index (χ1) is 9.72. The average Bonchev–Trinajstić information content (AvgIpc) is 2.53. The lowest BCUT2D eigenvalue weighted by molar-refractivity contribution is 0.0945. The molecule has 6 heteroatoms. The van der Waals surface area contributed by atoms with E-state index in [1.165, 1.54) is 12.4 Å². The minimum absolute atomic E-state index is 0.254. The second-order valence-corrected chi connectivity index (χ2v) is 4.07. The summed E-state index contributed by atoms with van der Waals surface area (Å²) in [5.74, 6) is 1.15. The fraction of sp³-hybridized carbons (Fsp3) is 0.214. The Kier molecular flexibility index (Phi) is 4.49. The summed E-state index contributed by atoms with van der Waals surface area (Å²) in [6.07, 6.45) is 2.96. The molecule has 2 N–H and O–H groups in total. The van der Waals surface area contributed by atoms with Gasteiger partial charge in [-0.25, -0.2) is 9.97 Å². The fourth-order valence-electron chi connectivity index (χ4n) is 1.59. The van der Waals surface area contributed by atoms with E-state index < -0.39 is 0 Å². The second-order valence-electron chi connectivity index (χ2n) is 4.07. The highest BCUT2D eigenvalue weighted by Gasteiger charge is 2.07. The van der Waals surface area contributed by atoms with E-state index in [1.807, 2.05) is 24.3 Å². The number of carbonyl (C=O) groups excluding carboxylic acids is 1. The Morgan fingerprint density at radius 1 is 1.20 bits per heavy atom. The Hall–Kier alpha value is -2.63. The van der Waals surface area contributed by atoms with Crippen molar-refractivity contribution >= 4 is 11.7 Å². The van der Waals surface area contributed by atoms with Crippen molar-refractivity contribution in [2.75, 3.05) is 19.5 Å². The molecule has 0 unspecified atom stereocenters. The SMILES string of the molecule is CNc1cnc(C(=O)NCc2ccc(OC)cc2)cn1. The van der Waals surface area contributed by atoms with Crippen LogP contribution in [-0.2, 0) is 6.54 Å². The van der Waals surface area contributed by atoms with Crippen LogP contribution in [0.1, 0.15) is 16.1 Å². The van der Waals surface area contributed by atoms with E-state index in [9.17, 15) is 4.79 Å². The van der Waals surface area contributed by atoms with Crippen molar-refractivity contribution in [1.29, 1.82) is 0 Å². The third-order valence-electron chi connectivity index (χ3n) is 2.75. The molecular formula is C14H16N4O2. The summed E-state index contributed by atoms with van der Waals surface area (Å²) in [5.41, 5.74) is 1.27. The van der Waals surface area contributed by atoms with E-state index in [2.05, 4.69) is 20.6 Å². The van der Waals surface area contributed by atoms with Gasteiger partial charge in [0.1, 0.15) is 17.3 Å². The van der Waals surface area contributed by atoms with E-state index in [0.717, 1.165) is 11.3 Å². The van der Waals surface area contributed by atoms with Gasteiger partial charge in [0.15, 0.2) is 0 Å². The Bertz CT molecular complexity index is 567. The second kappa shape index (κ2) is 6.51. The van der Waals surface area contributed by atoms with Crippen LogP contribution in [0.25, 0.3) is 0 Å². The maximum absolute atomic E-state index is 11.9. The highest BCUT2D eigenvalue weighted by Crippen LogP contribution is 2.11. The van der Waals surface area contributed by atoms with Crippen LogP contribution >= 0.6 is 0 Å². The zero-order valence-electron chi connectivity index (χ0n) is 11.4. The summed E-state index contributed by atoms with van der Waals surface area (Å²) in [6, 6.07) is 7.50. The number of nitrogens with one attached hydrogen (secondary N) is 2. The Morgan fingerprint density at radius 2 is 1.95 bits per heavy atom. The first-order valence-electron chi connectivity index (χ1n) is 6.14. The van der Waals surface area contributed by atoms with E-state index in [-0.39, 0.29) is 11.6 Å². The number of hydrogen-bond acceptors (Lipinski definition) is 5. The third kappa shape index (κ3) is 3.44. The van der Waals surface area contributed by atoms with E-state index in [1.54, 1.807) is 14.2 Å². The number of ether oxygens (including phenoxy) is 1. The van der Waals surface area contributed by atoms with Crippen molar-refractivity contribution < 1.29 is 9.53 Å². The van der Waals surface area contributed by atoms with Gasteiger partial charge in [0.25, 0.3) is 5.91 Å². The highest BCUT2D eigenvalue weighted by atomic mass is 16.5. The van der Waals surface area contributed by atoms with Crippen molar-refractivity contribution in [3.63, 3.8) is 0 Å². The van der Waals surface area contributed by atoms with Crippen LogP contribution < -0.4 is 15.4 Å². The number of hydrogen-bond donors (Lipinski definition) is 2. The minimum Gasteiger partial charge on any atom is -0.497 e. The number of benzene rings is 1. The smallest absolute Gasteiger partial charge is 0.271 e. The molecule has 0 atom stereocenters. The van der Waals surface area contributed by atoms with Gasteiger partial charge >= 0.3 is 0 Å². The molecule has 0 bridgehead atoms. The van der Waals surface area contributed by atoms with Gasteiger partial charge in [-0.3, -0.25) is 4.79 Å². The standard InChI is InChI=1S/C14H16N4O2/c1-15-13-9-16-12(8-17-13)14(19)18-7-10-3-5-11(20-2)6-4-10/h3-6,8-9H,7H2,1-2H3,(H,15,17)(H,18,19). The number of aromatic nitrogens is 2. The van der Waals surface area contributed by atoms with Gasteiger partial charge in [-0.2, -0.15) is 0 Å². The Balaban J connectivity index is 1.93. The fourth-order valence-corrected chi connectivity index (χ4v) is 1.59. The van der Waals surface area contributed by atoms with Crippen molar-refractivity contribution in [3.8, 4) is 5.75 Å². The number of rotatable bonds is 5. The molecule has 1 amide bonds. The summed E-state index contributed by atoms with van der Waals surface area (Å²) in [7, 11) is 3.36. The molecule has 0 aliphatic carbocycles. The lowest BCUT2D eigenvalue weighted by Gasteiger charge is -2.06. The first kappa shape index (κ1) is 13.8. The van der Waals surface area contributed by atoms with E-state index in [0.29, 0.717) is 12.4 Å². The number of nitrogens with zero attached hydrogens (tertiary/aromatic N) is 2. The monoisotopic (exact) mass is 272 g/mol. The van der Waals surface area contributed by atoms with Crippen LogP contribution in [0.5, 0.6) is 5.75 Å². The molecule has 0 saturated heterocycles. The predicted molar refractivity (Wildman–Crippen MR) is 75.7 cm³/mol. The molecule has 6 nitrogen and oxygen atoms in total. The summed E-state index contributed by atoms with van der Waals surface area (Å²) < 4.78 is 5.07. The molecule has 0 spiro atoms. The molecule has 1 aromatic carbocycles. The molecule has 2 aromatic rings. The maximum Gasteiger partial charge on any atom is 0.271 e. The molecule has 1 aromatic heterocycles. The van der Waals surface area contributed by atoms with E-state index in [4.69, 9.17) is 4.74 Å². The number of anilines is 1. The van der Waals surface area contributed by atoms with Gasteiger partial charge in [-0.05, 0) is 17.7 Å². The molecule has 0 aliphatic rings. The van der Waals surface area contributed by atoms with Crippen molar-refractivity contribution in [1.82, 2.24) is 15.3 Å². The number of carbonyl (C=O) groups is 1. The average molecular weight is 272 g/mol. The molecule has 20 heavy (non-hydrogen) atoms. The van der Waals surface area contributed by atoms with Gasteiger partial charge in [0.2, 0.25) is 0 Å². The number of methoxy groups -OCH3 is 1. The zero-order chi connectivity index (χ0) is 14.4. The van der Waals surface area contributed by atoms with E-state index >= 15 is 0 Å². The molecule has 104 valence electrons. The van der Waals surface area contributed by atoms with Crippen molar-refractivity contribution in [3.05, 3.63) is 47.9 Å². The van der Waals surface area contributed by atoms with Gasteiger partial charge in [0.05, 0.1) is 19.5 Å². The van der Waals surface area contributed by atoms with Crippen molar-refractivity contribution in [2.45, 2.75) is 6.54 Å². The summed E-state index contributed by atoms with van der Waals surface area (Å²) in [5, 5.41) is 5.63.